The zero-order valence-electron chi connectivity index (χ0n) is 20.7. The van der Waals surface area contributed by atoms with Gasteiger partial charge in [-0.3, -0.25) is 9.59 Å². The quantitative estimate of drug-likeness (QED) is 0.391. The van der Waals surface area contributed by atoms with Gasteiger partial charge in [0, 0.05) is 25.4 Å². The van der Waals surface area contributed by atoms with Gasteiger partial charge >= 0.3 is 0 Å². The number of hydrogen-bond acceptors (Lipinski definition) is 2. The van der Waals surface area contributed by atoms with E-state index in [0.29, 0.717) is 19.3 Å². The number of hydrogen-bond donors (Lipinski definition) is 1. The Morgan fingerprint density at radius 2 is 1.42 bits per heavy atom. The van der Waals surface area contributed by atoms with Gasteiger partial charge in [-0.2, -0.15) is 0 Å². The van der Waals surface area contributed by atoms with Crippen LogP contribution in [0.2, 0.25) is 0 Å². The average Bonchev–Trinajstić information content (AvgIpc) is 2.92. The van der Waals surface area contributed by atoms with Crippen LogP contribution < -0.4 is 5.32 Å². The van der Waals surface area contributed by atoms with Gasteiger partial charge in [0.15, 0.2) is 0 Å². The van der Waals surface area contributed by atoms with E-state index in [1.165, 1.54) is 18.6 Å². The van der Waals surface area contributed by atoms with Crippen LogP contribution in [-0.4, -0.2) is 28.8 Å². The van der Waals surface area contributed by atoms with E-state index in [1.807, 2.05) is 60.7 Å². The summed E-state index contributed by atoms with van der Waals surface area (Å²) in [6.45, 7) is 0.253. The first kappa shape index (κ1) is 25.6. The number of amides is 2. The van der Waals surface area contributed by atoms with Crippen LogP contribution in [0.15, 0.2) is 84.9 Å². The summed E-state index contributed by atoms with van der Waals surface area (Å²) in [5.74, 6) is -0.514. The molecule has 188 valence electrons. The summed E-state index contributed by atoms with van der Waals surface area (Å²) >= 11 is 0. The van der Waals surface area contributed by atoms with Gasteiger partial charge in [-0.15, -0.1) is 0 Å². The molecule has 0 aliphatic heterocycles. The van der Waals surface area contributed by atoms with Gasteiger partial charge in [0.1, 0.15) is 11.9 Å². The van der Waals surface area contributed by atoms with Gasteiger partial charge in [-0.25, -0.2) is 4.39 Å². The van der Waals surface area contributed by atoms with Crippen molar-refractivity contribution in [2.24, 2.45) is 0 Å². The second-order valence-corrected chi connectivity index (χ2v) is 9.68. The number of nitrogens with zero attached hydrogens (tertiary/aromatic N) is 1. The highest BCUT2D eigenvalue weighted by Gasteiger charge is 2.31. The number of halogens is 1. The van der Waals surface area contributed by atoms with Crippen LogP contribution >= 0.6 is 0 Å². The minimum absolute atomic E-state index is 0.0806. The van der Waals surface area contributed by atoms with Crippen molar-refractivity contribution < 1.29 is 14.0 Å². The average molecular weight is 487 g/mol. The largest absolute Gasteiger partial charge is 0.352 e. The predicted molar refractivity (Wildman–Crippen MR) is 141 cm³/mol. The lowest BCUT2D eigenvalue weighted by molar-refractivity contribution is -0.141. The first-order chi connectivity index (χ1) is 17.6. The minimum atomic E-state index is -0.650. The van der Waals surface area contributed by atoms with E-state index in [2.05, 4.69) is 5.32 Å². The summed E-state index contributed by atoms with van der Waals surface area (Å²) in [7, 11) is 0. The molecule has 0 radical (unpaired) electrons. The van der Waals surface area contributed by atoms with Crippen LogP contribution in [0.25, 0.3) is 0 Å². The minimum Gasteiger partial charge on any atom is -0.352 e. The molecule has 2 amide bonds. The molecule has 0 saturated heterocycles. The topological polar surface area (TPSA) is 49.4 Å². The number of benzene rings is 3. The fourth-order valence-electron chi connectivity index (χ4n) is 4.92. The summed E-state index contributed by atoms with van der Waals surface area (Å²) in [6, 6.07) is 25.4. The molecule has 3 aromatic carbocycles. The lowest BCUT2D eigenvalue weighted by Gasteiger charge is -2.33. The van der Waals surface area contributed by atoms with Crippen molar-refractivity contribution in [1.82, 2.24) is 10.2 Å². The van der Waals surface area contributed by atoms with Crippen molar-refractivity contribution >= 4 is 11.8 Å². The third-order valence-corrected chi connectivity index (χ3v) is 6.96. The lowest BCUT2D eigenvalue weighted by Crippen LogP contribution is -2.52. The molecule has 0 unspecified atom stereocenters. The second kappa shape index (κ2) is 13.0. The molecule has 1 atom stereocenters. The fourth-order valence-corrected chi connectivity index (χ4v) is 4.92. The maximum atomic E-state index is 13.7. The number of rotatable bonds is 10. The molecule has 0 heterocycles. The molecule has 3 aromatic rings. The molecule has 5 heteroatoms. The summed E-state index contributed by atoms with van der Waals surface area (Å²) in [5, 5.41) is 3.25. The summed E-state index contributed by atoms with van der Waals surface area (Å²) in [6.07, 6.45) is 6.71. The van der Waals surface area contributed by atoms with Gasteiger partial charge in [-0.1, -0.05) is 92.1 Å². The zero-order chi connectivity index (χ0) is 25.2. The van der Waals surface area contributed by atoms with Crippen LogP contribution in [0.5, 0.6) is 0 Å². The van der Waals surface area contributed by atoms with Gasteiger partial charge in [0.25, 0.3) is 0 Å². The van der Waals surface area contributed by atoms with Crippen molar-refractivity contribution in [3.05, 3.63) is 107 Å². The maximum Gasteiger partial charge on any atom is 0.243 e. The van der Waals surface area contributed by atoms with E-state index in [0.717, 1.165) is 42.4 Å². The molecule has 0 aromatic heterocycles. The smallest absolute Gasteiger partial charge is 0.243 e. The van der Waals surface area contributed by atoms with Crippen LogP contribution in [0.1, 0.15) is 55.2 Å². The van der Waals surface area contributed by atoms with Crippen LogP contribution in [0.3, 0.4) is 0 Å². The van der Waals surface area contributed by atoms with Crippen molar-refractivity contribution in [2.45, 2.75) is 70.0 Å². The Bertz CT molecular complexity index is 1100. The van der Waals surface area contributed by atoms with E-state index >= 15 is 0 Å². The third-order valence-electron chi connectivity index (χ3n) is 6.96. The highest BCUT2D eigenvalue weighted by Crippen LogP contribution is 2.20. The molecule has 4 nitrogen and oxygen atoms in total. The molecular weight excluding hydrogens is 451 g/mol. The Morgan fingerprint density at radius 3 is 2.06 bits per heavy atom. The summed E-state index contributed by atoms with van der Waals surface area (Å²) in [4.78, 5) is 29.1. The van der Waals surface area contributed by atoms with E-state index in [9.17, 15) is 14.0 Å². The number of carbonyl (C=O) groups is 2. The fraction of sp³-hybridized carbons (Fsp3) is 0.355. The number of carbonyl (C=O) groups excluding carboxylic acids is 2. The molecule has 1 aliphatic rings. The zero-order valence-corrected chi connectivity index (χ0v) is 20.7. The van der Waals surface area contributed by atoms with Crippen LogP contribution in [0.4, 0.5) is 4.39 Å². The predicted octanol–water partition coefficient (Wildman–Crippen LogP) is 5.85. The first-order valence-electron chi connectivity index (χ1n) is 13.0. The molecule has 4 rings (SSSR count). The van der Waals surface area contributed by atoms with Gasteiger partial charge in [0.2, 0.25) is 11.8 Å². The monoisotopic (exact) mass is 486 g/mol. The van der Waals surface area contributed by atoms with Crippen molar-refractivity contribution in [3.63, 3.8) is 0 Å². The number of nitrogens with one attached hydrogen (secondary N) is 1. The van der Waals surface area contributed by atoms with E-state index in [-0.39, 0.29) is 30.2 Å². The maximum absolute atomic E-state index is 13.7. The third kappa shape index (κ3) is 7.51. The summed E-state index contributed by atoms with van der Waals surface area (Å²) < 4.78 is 13.6. The molecule has 1 fully saturated rings. The van der Waals surface area contributed by atoms with E-state index < -0.39 is 6.04 Å². The molecule has 1 saturated carbocycles. The molecule has 1 aliphatic carbocycles. The standard InChI is InChI=1S/C31H35FN2O2/c32-27-19-16-26(17-20-27)23-34(30(35)21-18-24-10-4-1-5-11-24)29(22-25-12-6-2-7-13-25)31(36)33-28-14-8-3-9-15-28/h1-2,4-7,10-13,16-17,19-20,28-29H,3,8-9,14-15,18,21-23H2,(H,33,36)/t29-/m0/s1. The van der Waals surface area contributed by atoms with E-state index in [1.54, 1.807) is 17.0 Å². The van der Waals surface area contributed by atoms with Crippen molar-refractivity contribution in [2.75, 3.05) is 0 Å². The van der Waals surface area contributed by atoms with Crippen molar-refractivity contribution in [1.29, 1.82) is 0 Å². The molecule has 36 heavy (non-hydrogen) atoms. The number of aryl methyl sites for hydroxylation is 1. The SMILES string of the molecule is O=C(NC1CCCCC1)[C@H](Cc1ccccc1)N(Cc1ccc(F)cc1)C(=O)CCc1ccccc1. The highest BCUT2D eigenvalue weighted by molar-refractivity contribution is 5.88. The molecule has 0 bridgehead atoms. The highest BCUT2D eigenvalue weighted by atomic mass is 19.1. The molecular formula is C31H35FN2O2. The Morgan fingerprint density at radius 1 is 0.806 bits per heavy atom. The van der Waals surface area contributed by atoms with E-state index in [4.69, 9.17) is 0 Å². The Balaban J connectivity index is 1.60. The Kier molecular flexibility index (Phi) is 9.26. The van der Waals surface area contributed by atoms with Crippen LogP contribution in [-0.2, 0) is 29.0 Å². The molecule has 1 N–H and O–H groups in total. The normalized spacial score (nSPS) is 14.7. The van der Waals surface area contributed by atoms with Gasteiger partial charge in [0.05, 0.1) is 0 Å². The lowest BCUT2D eigenvalue weighted by atomic mass is 9.94. The summed E-state index contributed by atoms with van der Waals surface area (Å²) in [5.41, 5.74) is 2.88. The second-order valence-electron chi connectivity index (χ2n) is 9.68. The van der Waals surface area contributed by atoms with Gasteiger partial charge in [-0.05, 0) is 48.1 Å². The Hall–Kier alpha value is -3.47. The van der Waals surface area contributed by atoms with Gasteiger partial charge < -0.3 is 10.2 Å². The van der Waals surface area contributed by atoms with Crippen molar-refractivity contribution in [3.8, 4) is 0 Å². The molecule has 0 spiro atoms. The first-order valence-corrected chi connectivity index (χ1v) is 13.0. The Labute approximate surface area is 213 Å². The van der Waals surface area contributed by atoms with Crippen LogP contribution in [0, 0.1) is 5.82 Å².